The molecule has 1 heterocycles. The lowest BCUT2D eigenvalue weighted by atomic mass is 10.1. The van der Waals surface area contributed by atoms with Gasteiger partial charge in [-0.1, -0.05) is 25.1 Å². The first-order chi connectivity index (χ1) is 12.5. The molecule has 1 saturated heterocycles. The monoisotopic (exact) mass is 350 g/mol. The minimum absolute atomic E-state index is 0.0175. The van der Waals surface area contributed by atoms with Crippen molar-refractivity contribution in [1.29, 1.82) is 0 Å². The summed E-state index contributed by atoms with van der Waals surface area (Å²) in [6.07, 6.45) is 1.02. The highest BCUT2D eigenvalue weighted by molar-refractivity contribution is 6.04. The van der Waals surface area contributed by atoms with Gasteiger partial charge in [0.15, 0.2) is 5.78 Å². The molecule has 5 nitrogen and oxygen atoms in total. The molecule has 5 heteroatoms. The fourth-order valence-electron chi connectivity index (χ4n) is 3.19. The first-order valence-electron chi connectivity index (χ1n) is 8.79. The summed E-state index contributed by atoms with van der Waals surface area (Å²) in [6.45, 7) is 3.89. The number of benzene rings is 2. The van der Waals surface area contributed by atoms with E-state index in [1.54, 1.807) is 29.2 Å². The van der Waals surface area contributed by atoms with E-state index >= 15 is 0 Å². The number of ketones is 1. The van der Waals surface area contributed by atoms with Gasteiger partial charge >= 0.3 is 0 Å². The van der Waals surface area contributed by atoms with Crippen LogP contribution in [0.4, 0.5) is 11.4 Å². The highest BCUT2D eigenvalue weighted by Gasteiger charge is 2.35. The molecular formula is C21H22N2O3. The van der Waals surface area contributed by atoms with E-state index < -0.39 is 0 Å². The number of hydrogen-bond donors (Lipinski definition) is 1. The number of rotatable bonds is 5. The Morgan fingerprint density at radius 1 is 1.12 bits per heavy atom. The number of nitrogens with zero attached hydrogens (tertiary/aromatic N) is 1. The van der Waals surface area contributed by atoms with Gasteiger partial charge in [-0.25, -0.2) is 0 Å². The fourth-order valence-corrected chi connectivity index (χ4v) is 3.19. The van der Waals surface area contributed by atoms with Crippen molar-refractivity contribution in [3.8, 4) is 0 Å². The van der Waals surface area contributed by atoms with Crippen LogP contribution in [-0.4, -0.2) is 24.1 Å². The number of anilines is 2. The Morgan fingerprint density at radius 2 is 1.81 bits per heavy atom. The lowest BCUT2D eigenvalue weighted by Gasteiger charge is -2.17. The van der Waals surface area contributed by atoms with E-state index in [0.717, 1.165) is 17.7 Å². The zero-order chi connectivity index (χ0) is 18.7. The van der Waals surface area contributed by atoms with E-state index in [1.807, 2.05) is 31.2 Å². The van der Waals surface area contributed by atoms with E-state index in [9.17, 15) is 14.4 Å². The van der Waals surface area contributed by atoms with Gasteiger partial charge in [0.1, 0.15) is 0 Å². The van der Waals surface area contributed by atoms with Crippen molar-refractivity contribution in [1.82, 2.24) is 0 Å². The van der Waals surface area contributed by atoms with Crippen LogP contribution in [0.1, 0.15) is 36.2 Å². The van der Waals surface area contributed by atoms with Crippen molar-refractivity contribution < 1.29 is 14.4 Å². The molecule has 1 N–H and O–H groups in total. The Hall–Kier alpha value is -2.95. The van der Waals surface area contributed by atoms with Gasteiger partial charge in [0.2, 0.25) is 11.8 Å². The Morgan fingerprint density at radius 3 is 2.46 bits per heavy atom. The minimum Gasteiger partial charge on any atom is -0.326 e. The van der Waals surface area contributed by atoms with Crippen molar-refractivity contribution in [2.24, 2.45) is 5.92 Å². The molecule has 134 valence electrons. The third-order valence-corrected chi connectivity index (χ3v) is 4.74. The van der Waals surface area contributed by atoms with Crippen molar-refractivity contribution in [3.63, 3.8) is 0 Å². The van der Waals surface area contributed by atoms with Gasteiger partial charge in [-0.3, -0.25) is 14.4 Å². The van der Waals surface area contributed by atoms with Crippen molar-refractivity contribution in [3.05, 3.63) is 59.7 Å². The highest BCUT2D eigenvalue weighted by Crippen LogP contribution is 2.27. The van der Waals surface area contributed by atoms with Crippen LogP contribution in [0, 0.1) is 5.92 Å². The van der Waals surface area contributed by atoms with Crippen LogP contribution in [0.2, 0.25) is 0 Å². The van der Waals surface area contributed by atoms with Crippen LogP contribution in [0.3, 0.4) is 0 Å². The van der Waals surface area contributed by atoms with E-state index in [-0.39, 0.29) is 29.9 Å². The molecule has 1 unspecified atom stereocenters. The first kappa shape index (κ1) is 17.9. The summed E-state index contributed by atoms with van der Waals surface area (Å²) in [5.74, 6) is -0.623. The van der Waals surface area contributed by atoms with Crippen LogP contribution >= 0.6 is 0 Å². The first-order valence-corrected chi connectivity index (χ1v) is 8.79. The van der Waals surface area contributed by atoms with Gasteiger partial charge in [0, 0.05) is 29.9 Å². The molecule has 0 aliphatic carbocycles. The largest absolute Gasteiger partial charge is 0.326 e. The fraction of sp³-hybridized carbons (Fsp3) is 0.286. The summed E-state index contributed by atoms with van der Waals surface area (Å²) in [6, 6.07) is 14.6. The van der Waals surface area contributed by atoms with E-state index in [0.29, 0.717) is 17.8 Å². The number of hydrogen-bond acceptors (Lipinski definition) is 3. The molecule has 1 aliphatic heterocycles. The van der Waals surface area contributed by atoms with Gasteiger partial charge in [-0.05, 0) is 49.2 Å². The second-order valence-corrected chi connectivity index (χ2v) is 6.51. The van der Waals surface area contributed by atoms with Crippen LogP contribution in [0.25, 0.3) is 0 Å². The molecule has 0 aromatic heterocycles. The standard InChI is InChI=1S/C21H22N2O3/c1-3-15-6-4-5-7-19(15)22-21(26)17-12-20(25)23(13-17)18-10-8-16(9-11-18)14(2)24/h4-11,17H,3,12-13H2,1-2H3,(H,22,26). The number of Topliss-reactive ketones (excluding diaryl/α,β-unsaturated/α-hetero) is 1. The normalized spacial score (nSPS) is 16.6. The molecule has 0 bridgehead atoms. The molecule has 1 aliphatic rings. The van der Waals surface area contributed by atoms with Crippen LogP contribution in [0.15, 0.2) is 48.5 Å². The molecule has 2 amide bonds. The van der Waals surface area contributed by atoms with Gasteiger partial charge < -0.3 is 10.2 Å². The number of para-hydroxylation sites is 1. The molecule has 1 fully saturated rings. The quantitative estimate of drug-likeness (QED) is 0.840. The maximum Gasteiger partial charge on any atom is 0.229 e. The van der Waals surface area contributed by atoms with Crippen LogP contribution in [-0.2, 0) is 16.0 Å². The average molecular weight is 350 g/mol. The average Bonchev–Trinajstić information content (AvgIpc) is 3.04. The topological polar surface area (TPSA) is 66.5 Å². The van der Waals surface area contributed by atoms with Gasteiger partial charge in [-0.2, -0.15) is 0 Å². The third-order valence-electron chi connectivity index (χ3n) is 4.74. The number of aryl methyl sites for hydroxylation is 1. The molecular weight excluding hydrogens is 328 g/mol. The van der Waals surface area contributed by atoms with Crippen molar-refractivity contribution >= 4 is 29.0 Å². The second kappa shape index (κ2) is 7.52. The van der Waals surface area contributed by atoms with E-state index in [1.165, 1.54) is 6.92 Å². The smallest absolute Gasteiger partial charge is 0.229 e. The van der Waals surface area contributed by atoms with Gasteiger partial charge in [0.05, 0.1) is 5.92 Å². The summed E-state index contributed by atoms with van der Waals surface area (Å²) >= 11 is 0. The SMILES string of the molecule is CCc1ccccc1NC(=O)C1CC(=O)N(c2ccc(C(C)=O)cc2)C1. The van der Waals surface area contributed by atoms with Gasteiger partial charge in [-0.15, -0.1) is 0 Å². The van der Waals surface area contributed by atoms with Crippen molar-refractivity contribution in [2.45, 2.75) is 26.7 Å². The predicted molar refractivity (Wildman–Crippen MR) is 101 cm³/mol. The third kappa shape index (κ3) is 3.67. The zero-order valence-corrected chi connectivity index (χ0v) is 15.0. The van der Waals surface area contributed by atoms with Crippen molar-refractivity contribution in [2.75, 3.05) is 16.8 Å². The summed E-state index contributed by atoms with van der Waals surface area (Å²) in [5, 5.41) is 2.96. The molecule has 0 saturated carbocycles. The second-order valence-electron chi connectivity index (χ2n) is 6.51. The summed E-state index contributed by atoms with van der Waals surface area (Å²) < 4.78 is 0. The molecule has 3 rings (SSSR count). The lowest BCUT2D eigenvalue weighted by molar-refractivity contribution is -0.122. The highest BCUT2D eigenvalue weighted by atomic mass is 16.2. The minimum atomic E-state index is -0.389. The predicted octanol–water partition coefficient (Wildman–Crippen LogP) is 3.44. The number of nitrogens with one attached hydrogen (secondary N) is 1. The Labute approximate surface area is 153 Å². The maximum atomic E-state index is 12.6. The number of carbonyl (C=O) groups is 3. The molecule has 0 spiro atoms. The van der Waals surface area contributed by atoms with Crippen LogP contribution < -0.4 is 10.2 Å². The van der Waals surface area contributed by atoms with Gasteiger partial charge in [0.25, 0.3) is 0 Å². The van der Waals surface area contributed by atoms with E-state index in [4.69, 9.17) is 0 Å². The zero-order valence-electron chi connectivity index (χ0n) is 15.0. The molecule has 2 aromatic carbocycles. The Kier molecular flexibility index (Phi) is 5.16. The summed E-state index contributed by atoms with van der Waals surface area (Å²) in [7, 11) is 0. The molecule has 2 aromatic rings. The maximum absolute atomic E-state index is 12.6. The molecule has 0 radical (unpaired) electrons. The summed E-state index contributed by atoms with van der Waals surface area (Å²) in [5.41, 5.74) is 3.19. The summed E-state index contributed by atoms with van der Waals surface area (Å²) in [4.78, 5) is 38.0. The molecule has 1 atom stereocenters. The number of carbonyl (C=O) groups excluding carboxylic acids is 3. The molecule has 26 heavy (non-hydrogen) atoms. The Bertz CT molecular complexity index is 843. The lowest BCUT2D eigenvalue weighted by Crippen LogP contribution is -2.28. The van der Waals surface area contributed by atoms with Crippen LogP contribution in [0.5, 0.6) is 0 Å². The van der Waals surface area contributed by atoms with E-state index in [2.05, 4.69) is 5.32 Å². The number of amides is 2. The Balaban J connectivity index is 1.70.